The van der Waals surface area contributed by atoms with E-state index in [9.17, 15) is 13.5 Å². The largest absolute Gasteiger partial charge is 0.393 e. The molecule has 2 fully saturated rings. The molecule has 3 heterocycles. The highest BCUT2D eigenvalue weighted by atomic mass is 32.2. The number of sulfonamides is 1. The standard InChI is InChI=1S/C26H37N7O3S/c1-3-4-13-27-26-28-18-23-24(30-33(25(23)29-26)20-7-9-21(34)10-8-20)19-5-11-22(12-6-19)37(35,36)32-16-14-31(2)15-17-32/h5-6,11-12,18,20-21,34H,3-4,7-10,13-17H2,1-2H3,(H,27,28,29)/t20-,21-. The van der Waals surface area contributed by atoms with Crippen LogP contribution in [0.2, 0.25) is 0 Å². The Bertz CT molecular complexity index is 1310. The van der Waals surface area contributed by atoms with Crippen molar-refractivity contribution >= 4 is 27.0 Å². The number of nitrogens with zero attached hydrogens (tertiary/aromatic N) is 6. The number of anilines is 1. The molecule has 0 radical (unpaired) electrons. The molecular formula is C26H37N7O3S. The van der Waals surface area contributed by atoms with Crippen LogP contribution in [0.25, 0.3) is 22.3 Å². The third kappa shape index (κ3) is 5.50. The zero-order valence-electron chi connectivity index (χ0n) is 21.7. The van der Waals surface area contributed by atoms with Gasteiger partial charge in [0.1, 0.15) is 5.69 Å². The van der Waals surface area contributed by atoms with Crippen LogP contribution >= 0.6 is 0 Å². The number of benzene rings is 1. The second-order valence-corrected chi connectivity index (χ2v) is 12.1. The third-order valence-electron chi connectivity index (χ3n) is 7.50. The van der Waals surface area contributed by atoms with Crippen molar-refractivity contribution in [2.45, 2.75) is 62.5 Å². The molecule has 0 spiro atoms. The first kappa shape index (κ1) is 26.0. The molecule has 2 N–H and O–H groups in total. The van der Waals surface area contributed by atoms with E-state index in [1.165, 1.54) is 0 Å². The lowest BCUT2D eigenvalue weighted by Crippen LogP contribution is -2.46. The predicted octanol–water partition coefficient (Wildman–Crippen LogP) is 3.12. The zero-order valence-corrected chi connectivity index (χ0v) is 22.5. The van der Waals surface area contributed by atoms with Gasteiger partial charge in [0.25, 0.3) is 0 Å². The normalized spacial score (nSPS) is 21.9. The fourth-order valence-corrected chi connectivity index (χ4v) is 6.54. The molecule has 1 aliphatic carbocycles. The third-order valence-corrected chi connectivity index (χ3v) is 9.41. The molecule has 1 aliphatic heterocycles. The van der Waals surface area contributed by atoms with E-state index in [4.69, 9.17) is 10.1 Å². The second-order valence-electron chi connectivity index (χ2n) is 10.2. The Morgan fingerprint density at radius 1 is 1.05 bits per heavy atom. The minimum Gasteiger partial charge on any atom is -0.393 e. The smallest absolute Gasteiger partial charge is 0.243 e. The predicted molar refractivity (Wildman–Crippen MR) is 144 cm³/mol. The van der Waals surface area contributed by atoms with Gasteiger partial charge in [-0.2, -0.15) is 14.4 Å². The Hall–Kier alpha value is -2.60. The first-order valence-corrected chi connectivity index (χ1v) is 14.8. The molecule has 0 amide bonds. The lowest BCUT2D eigenvalue weighted by atomic mass is 9.93. The molecule has 2 aromatic heterocycles. The van der Waals surface area contributed by atoms with Gasteiger partial charge in [0.05, 0.1) is 22.4 Å². The summed E-state index contributed by atoms with van der Waals surface area (Å²) < 4.78 is 29.9. The van der Waals surface area contributed by atoms with E-state index in [-0.39, 0.29) is 12.1 Å². The number of aromatic nitrogens is 4. The van der Waals surface area contributed by atoms with Crippen molar-refractivity contribution in [3.63, 3.8) is 0 Å². The molecule has 10 nitrogen and oxygen atoms in total. The highest BCUT2D eigenvalue weighted by Gasteiger charge is 2.28. The van der Waals surface area contributed by atoms with Crippen molar-refractivity contribution in [2.75, 3.05) is 45.1 Å². The molecule has 1 aromatic carbocycles. The van der Waals surface area contributed by atoms with Crippen LogP contribution in [-0.2, 0) is 10.0 Å². The number of hydrogen-bond donors (Lipinski definition) is 2. The van der Waals surface area contributed by atoms with Gasteiger partial charge in [0.15, 0.2) is 5.65 Å². The fraction of sp³-hybridized carbons (Fsp3) is 0.577. The van der Waals surface area contributed by atoms with E-state index in [2.05, 4.69) is 22.1 Å². The first-order chi connectivity index (χ1) is 17.9. The van der Waals surface area contributed by atoms with Crippen LogP contribution < -0.4 is 5.32 Å². The zero-order chi connectivity index (χ0) is 26.0. The summed E-state index contributed by atoms with van der Waals surface area (Å²) >= 11 is 0. The van der Waals surface area contributed by atoms with Crippen LogP contribution in [0.15, 0.2) is 35.4 Å². The van der Waals surface area contributed by atoms with Crippen LogP contribution in [0.5, 0.6) is 0 Å². The minimum atomic E-state index is -3.54. The van der Waals surface area contributed by atoms with Gasteiger partial charge in [0, 0.05) is 44.5 Å². The number of rotatable bonds is 8. The van der Waals surface area contributed by atoms with E-state index in [0.29, 0.717) is 23.9 Å². The van der Waals surface area contributed by atoms with Gasteiger partial charge in [-0.3, -0.25) is 0 Å². The van der Waals surface area contributed by atoms with E-state index in [1.54, 1.807) is 16.4 Å². The molecule has 1 saturated heterocycles. The molecule has 3 aromatic rings. The van der Waals surface area contributed by atoms with Gasteiger partial charge in [0.2, 0.25) is 16.0 Å². The second kappa shape index (κ2) is 11.0. The van der Waals surface area contributed by atoms with Gasteiger partial charge in [-0.05, 0) is 51.3 Å². The average molecular weight is 528 g/mol. The van der Waals surface area contributed by atoms with Crippen molar-refractivity contribution < 1.29 is 13.5 Å². The van der Waals surface area contributed by atoms with Gasteiger partial charge < -0.3 is 15.3 Å². The van der Waals surface area contributed by atoms with Crippen molar-refractivity contribution in [1.29, 1.82) is 0 Å². The van der Waals surface area contributed by atoms with E-state index >= 15 is 0 Å². The number of aliphatic hydroxyl groups is 1. The molecule has 5 rings (SSSR count). The molecule has 11 heteroatoms. The van der Waals surface area contributed by atoms with Crippen LogP contribution in [0, 0.1) is 0 Å². The highest BCUT2D eigenvalue weighted by molar-refractivity contribution is 7.89. The summed E-state index contributed by atoms with van der Waals surface area (Å²) in [6, 6.07) is 7.15. The maximum Gasteiger partial charge on any atom is 0.243 e. The quantitative estimate of drug-likeness (QED) is 0.429. The molecule has 0 unspecified atom stereocenters. The molecule has 1 saturated carbocycles. The SMILES string of the molecule is CCCCNc1ncc2c(-c3ccc(S(=O)(=O)N4CCN(C)CC4)cc3)nn([C@H]3CC[C@H](O)CC3)c2n1. The Morgan fingerprint density at radius 2 is 1.76 bits per heavy atom. The van der Waals surface area contributed by atoms with Crippen LogP contribution in [-0.4, -0.2) is 88.4 Å². The lowest BCUT2D eigenvalue weighted by Gasteiger charge is -2.31. The minimum absolute atomic E-state index is 0.148. The first-order valence-electron chi connectivity index (χ1n) is 13.3. The summed E-state index contributed by atoms with van der Waals surface area (Å²) in [6.45, 7) is 5.41. The summed E-state index contributed by atoms with van der Waals surface area (Å²) in [6.07, 6.45) is 6.83. The van der Waals surface area contributed by atoms with Gasteiger partial charge in [-0.1, -0.05) is 25.5 Å². The molecule has 200 valence electrons. The average Bonchev–Trinajstić information content (AvgIpc) is 3.28. The maximum atomic E-state index is 13.2. The molecule has 2 aliphatic rings. The fourth-order valence-electron chi connectivity index (χ4n) is 5.12. The number of aliphatic hydroxyl groups excluding tert-OH is 1. The van der Waals surface area contributed by atoms with Crippen molar-refractivity contribution in [3.05, 3.63) is 30.5 Å². The Morgan fingerprint density at radius 3 is 2.43 bits per heavy atom. The van der Waals surface area contributed by atoms with Gasteiger partial charge >= 0.3 is 0 Å². The molecule has 37 heavy (non-hydrogen) atoms. The van der Waals surface area contributed by atoms with E-state index in [1.807, 2.05) is 30.1 Å². The van der Waals surface area contributed by atoms with Gasteiger partial charge in [-0.25, -0.2) is 18.1 Å². The highest BCUT2D eigenvalue weighted by Crippen LogP contribution is 2.35. The lowest BCUT2D eigenvalue weighted by molar-refractivity contribution is 0.109. The van der Waals surface area contributed by atoms with Crippen LogP contribution in [0.4, 0.5) is 5.95 Å². The summed E-state index contributed by atoms with van der Waals surface area (Å²) in [7, 11) is -1.53. The van der Waals surface area contributed by atoms with Crippen molar-refractivity contribution in [3.8, 4) is 11.3 Å². The molecule has 0 bridgehead atoms. The van der Waals surface area contributed by atoms with Crippen molar-refractivity contribution in [2.24, 2.45) is 0 Å². The van der Waals surface area contributed by atoms with E-state index < -0.39 is 10.0 Å². The van der Waals surface area contributed by atoms with Crippen LogP contribution in [0.3, 0.4) is 0 Å². The molecule has 0 atom stereocenters. The number of piperazine rings is 1. The maximum absolute atomic E-state index is 13.2. The van der Waals surface area contributed by atoms with E-state index in [0.717, 1.165) is 80.4 Å². The summed E-state index contributed by atoms with van der Waals surface area (Å²) in [5.74, 6) is 0.582. The number of likely N-dealkylation sites (N-methyl/N-ethyl adjacent to an activating group) is 1. The van der Waals surface area contributed by atoms with Crippen molar-refractivity contribution in [1.82, 2.24) is 29.0 Å². The number of hydrogen-bond acceptors (Lipinski definition) is 8. The summed E-state index contributed by atoms with van der Waals surface area (Å²) in [4.78, 5) is 11.8. The van der Waals surface area contributed by atoms with Crippen LogP contribution in [0.1, 0.15) is 51.5 Å². The number of nitrogens with one attached hydrogen (secondary N) is 1. The topological polar surface area (TPSA) is 116 Å². The Balaban J connectivity index is 1.47. The number of unbranched alkanes of at least 4 members (excludes halogenated alkanes) is 1. The Kier molecular flexibility index (Phi) is 7.75. The van der Waals surface area contributed by atoms with Gasteiger partial charge in [-0.15, -0.1) is 0 Å². The summed E-state index contributed by atoms with van der Waals surface area (Å²) in [5.41, 5.74) is 2.33. The number of fused-ring (bicyclic) bond motifs is 1. The monoisotopic (exact) mass is 527 g/mol. The summed E-state index contributed by atoms with van der Waals surface area (Å²) in [5, 5.41) is 19.1. The molecular weight excluding hydrogens is 490 g/mol. The Labute approximate surface area is 218 Å².